The first-order chi connectivity index (χ1) is 8.53. The van der Waals surface area contributed by atoms with Crippen LogP contribution < -0.4 is 4.72 Å². The van der Waals surface area contributed by atoms with Crippen LogP contribution in [0.25, 0.3) is 0 Å². The van der Waals surface area contributed by atoms with Crippen LogP contribution in [-0.2, 0) is 10.0 Å². The summed E-state index contributed by atoms with van der Waals surface area (Å²) in [7, 11) is -3.66. The molecule has 0 heterocycles. The molecular formula is C12H13FN2O2S. The number of sulfonamides is 1. The third kappa shape index (κ3) is 2.68. The van der Waals surface area contributed by atoms with Crippen LogP contribution in [0.2, 0.25) is 0 Å². The Morgan fingerprint density at radius 2 is 2.00 bits per heavy atom. The highest BCUT2D eigenvalue weighted by Crippen LogP contribution is 2.21. The van der Waals surface area contributed by atoms with E-state index >= 15 is 0 Å². The van der Waals surface area contributed by atoms with Gasteiger partial charge in [0.25, 0.3) is 0 Å². The van der Waals surface area contributed by atoms with Crippen LogP contribution >= 0.6 is 0 Å². The van der Waals surface area contributed by atoms with Gasteiger partial charge in [-0.3, -0.25) is 0 Å². The minimum absolute atomic E-state index is 0.0504. The summed E-state index contributed by atoms with van der Waals surface area (Å²) in [5.74, 6) is -0.711. The standard InChI is InChI=1S/C12H13FN2O2S/c13-12-6-5-11(7-9(12)8-14)18(16,17)15-10-3-1-2-4-10/h5-7,10,15H,1-4H2. The molecular weight excluding hydrogens is 255 g/mol. The van der Waals surface area contributed by atoms with E-state index in [1.54, 1.807) is 6.07 Å². The monoisotopic (exact) mass is 268 g/mol. The van der Waals surface area contributed by atoms with E-state index in [2.05, 4.69) is 4.72 Å². The Morgan fingerprint density at radius 3 is 2.61 bits per heavy atom. The Hall–Kier alpha value is -1.45. The molecule has 1 aromatic rings. The molecule has 0 aromatic heterocycles. The third-order valence-electron chi connectivity index (χ3n) is 3.05. The van der Waals surface area contributed by atoms with Crippen LogP contribution in [0, 0.1) is 17.1 Å². The van der Waals surface area contributed by atoms with E-state index in [4.69, 9.17) is 5.26 Å². The highest BCUT2D eigenvalue weighted by molar-refractivity contribution is 7.89. The van der Waals surface area contributed by atoms with Gasteiger partial charge in [-0.15, -0.1) is 0 Å². The maximum atomic E-state index is 13.1. The lowest BCUT2D eigenvalue weighted by molar-refractivity contribution is 0.551. The number of nitriles is 1. The van der Waals surface area contributed by atoms with Crippen molar-refractivity contribution in [3.05, 3.63) is 29.6 Å². The van der Waals surface area contributed by atoms with E-state index in [9.17, 15) is 12.8 Å². The summed E-state index contributed by atoms with van der Waals surface area (Å²) in [6, 6.07) is 4.82. The Bertz CT molecular complexity index is 587. The molecule has 1 aliphatic carbocycles. The topological polar surface area (TPSA) is 70.0 Å². The summed E-state index contributed by atoms with van der Waals surface area (Å²) in [4.78, 5) is -0.0626. The smallest absolute Gasteiger partial charge is 0.208 e. The first kappa shape index (κ1) is 13.0. The van der Waals surface area contributed by atoms with Gasteiger partial charge in [0.1, 0.15) is 11.9 Å². The van der Waals surface area contributed by atoms with Crippen molar-refractivity contribution in [1.29, 1.82) is 5.26 Å². The van der Waals surface area contributed by atoms with Crippen LogP contribution in [-0.4, -0.2) is 14.5 Å². The van der Waals surface area contributed by atoms with Crippen LogP contribution in [0.4, 0.5) is 4.39 Å². The van der Waals surface area contributed by atoms with Crippen molar-refractivity contribution in [2.75, 3.05) is 0 Å². The van der Waals surface area contributed by atoms with Gasteiger partial charge in [0.15, 0.2) is 0 Å². The zero-order valence-corrected chi connectivity index (χ0v) is 10.5. The fourth-order valence-corrected chi connectivity index (χ4v) is 3.42. The second kappa shape index (κ2) is 5.04. The highest BCUT2D eigenvalue weighted by atomic mass is 32.2. The van der Waals surface area contributed by atoms with Gasteiger partial charge in [0.2, 0.25) is 10.0 Å². The predicted octanol–water partition coefficient (Wildman–Crippen LogP) is 1.92. The van der Waals surface area contributed by atoms with Crippen molar-refractivity contribution < 1.29 is 12.8 Å². The molecule has 0 amide bonds. The molecule has 0 atom stereocenters. The molecule has 2 rings (SSSR count). The van der Waals surface area contributed by atoms with Gasteiger partial charge in [-0.25, -0.2) is 17.5 Å². The average Bonchev–Trinajstić information content (AvgIpc) is 2.81. The quantitative estimate of drug-likeness (QED) is 0.910. The van der Waals surface area contributed by atoms with Crippen molar-refractivity contribution in [2.45, 2.75) is 36.6 Å². The first-order valence-electron chi connectivity index (χ1n) is 5.75. The van der Waals surface area contributed by atoms with Gasteiger partial charge < -0.3 is 0 Å². The number of rotatable bonds is 3. The fraction of sp³-hybridized carbons (Fsp3) is 0.417. The number of hydrogen-bond acceptors (Lipinski definition) is 3. The molecule has 18 heavy (non-hydrogen) atoms. The van der Waals surface area contributed by atoms with Crippen LogP contribution in [0.15, 0.2) is 23.1 Å². The number of hydrogen-bond donors (Lipinski definition) is 1. The van der Waals surface area contributed by atoms with E-state index in [0.717, 1.165) is 37.8 Å². The minimum Gasteiger partial charge on any atom is -0.208 e. The Kier molecular flexibility index (Phi) is 3.64. The van der Waals surface area contributed by atoms with Gasteiger partial charge in [0.05, 0.1) is 10.5 Å². The van der Waals surface area contributed by atoms with E-state index in [-0.39, 0.29) is 16.5 Å². The highest BCUT2D eigenvalue weighted by Gasteiger charge is 2.23. The van der Waals surface area contributed by atoms with E-state index < -0.39 is 15.8 Å². The van der Waals surface area contributed by atoms with Gasteiger partial charge in [-0.05, 0) is 31.0 Å². The van der Waals surface area contributed by atoms with Crippen molar-refractivity contribution in [3.8, 4) is 6.07 Å². The summed E-state index contributed by atoms with van der Waals surface area (Å²) in [6.07, 6.45) is 3.68. The molecule has 4 nitrogen and oxygen atoms in total. The number of halogens is 1. The molecule has 0 saturated heterocycles. The summed E-state index contributed by atoms with van der Waals surface area (Å²) >= 11 is 0. The molecule has 0 aliphatic heterocycles. The second-order valence-corrected chi connectivity index (χ2v) is 6.07. The summed E-state index contributed by atoms with van der Waals surface area (Å²) < 4.78 is 39.8. The van der Waals surface area contributed by atoms with Gasteiger partial charge in [0, 0.05) is 6.04 Å². The molecule has 96 valence electrons. The number of benzene rings is 1. The zero-order chi connectivity index (χ0) is 13.2. The largest absolute Gasteiger partial charge is 0.240 e. The molecule has 1 aromatic carbocycles. The van der Waals surface area contributed by atoms with E-state index in [1.165, 1.54) is 6.07 Å². The maximum Gasteiger partial charge on any atom is 0.240 e. The Labute approximate surface area is 105 Å². The third-order valence-corrected chi connectivity index (χ3v) is 4.56. The van der Waals surface area contributed by atoms with Crippen LogP contribution in [0.1, 0.15) is 31.2 Å². The molecule has 1 saturated carbocycles. The van der Waals surface area contributed by atoms with Crippen molar-refractivity contribution in [3.63, 3.8) is 0 Å². The normalized spacial score (nSPS) is 16.7. The van der Waals surface area contributed by atoms with Crippen molar-refractivity contribution >= 4 is 10.0 Å². The maximum absolute atomic E-state index is 13.1. The van der Waals surface area contributed by atoms with E-state index in [1.807, 2.05) is 0 Å². The lowest BCUT2D eigenvalue weighted by Gasteiger charge is -2.12. The molecule has 0 radical (unpaired) electrons. The average molecular weight is 268 g/mol. The molecule has 1 aliphatic rings. The predicted molar refractivity (Wildman–Crippen MR) is 63.7 cm³/mol. The molecule has 0 bridgehead atoms. The fourth-order valence-electron chi connectivity index (χ4n) is 2.09. The number of nitrogens with one attached hydrogen (secondary N) is 1. The van der Waals surface area contributed by atoms with Gasteiger partial charge >= 0.3 is 0 Å². The summed E-state index contributed by atoms with van der Waals surface area (Å²) in [6.45, 7) is 0. The van der Waals surface area contributed by atoms with E-state index in [0.29, 0.717) is 0 Å². The lowest BCUT2D eigenvalue weighted by Crippen LogP contribution is -2.32. The summed E-state index contributed by atoms with van der Waals surface area (Å²) in [5.41, 5.74) is -0.260. The van der Waals surface area contributed by atoms with Crippen molar-refractivity contribution in [2.24, 2.45) is 0 Å². The Balaban J connectivity index is 2.27. The molecule has 1 fully saturated rings. The summed E-state index contributed by atoms with van der Waals surface area (Å²) in [5, 5.41) is 8.69. The van der Waals surface area contributed by atoms with Gasteiger partial charge in [-0.1, -0.05) is 12.8 Å². The lowest BCUT2D eigenvalue weighted by atomic mass is 10.2. The molecule has 1 N–H and O–H groups in total. The SMILES string of the molecule is N#Cc1cc(S(=O)(=O)NC2CCCC2)ccc1F. The van der Waals surface area contributed by atoms with Crippen molar-refractivity contribution in [1.82, 2.24) is 4.72 Å². The Morgan fingerprint density at radius 1 is 1.33 bits per heavy atom. The van der Waals surface area contributed by atoms with Gasteiger partial charge in [-0.2, -0.15) is 5.26 Å². The minimum atomic E-state index is -3.66. The number of nitrogens with zero attached hydrogens (tertiary/aromatic N) is 1. The van der Waals surface area contributed by atoms with Crippen LogP contribution in [0.5, 0.6) is 0 Å². The molecule has 0 unspecified atom stereocenters. The second-order valence-electron chi connectivity index (χ2n) is 4.36. The van der Waals surface area contributed by atoms with Crippen LogP contribution in [0.3, 0.4) is 0 Å². The first-order valence-corrected chi connectivity index (χ1v) is 7.23. The molecule has 6 heteroatoms. The zero-order valence-electron chi connectivity index (χ0n) is 9.69. The molecule has 0 spiro atoms.